The van der Waals surface area contributed by atoms with Crippen molar-refractivity contribution in [2.24, 2.45) is 0 Å². The Kier molecular flexibility index (Phi) is 3.99. The highest BCUT2D eigenvalue weighted by Gasteiger charge is 2.38. The molecule has 3 aliphatic rings. The number of fused-ring (bicyclic) bond motifs is 1. The lowest BCUT2D eigenvalue weighted by Gasteiger charge is -2.38. The predicted octanol–water partition coefficient (Wildman–Crippen LogP) is 1.30. The van der Waals surface area contributed by atoms with E-state index in [1.165, 1.54) is 77.8 Å². The second-order valence-corrected chi connectivity index (χ2v) is 5.95. The molecule has 98 valence electrons. The molecule has 2 unspecified atom stereocenters. The van der Waals surface area contributed by atoms with E-state index in [-0.39, 0.29) is 0 Å². The molecule has 3 rings (SSSR count). The number of hydrogen-bond acceptors (Lipinski definition) is 3. The van der Waals surface area contributed by atoms with Gasteiger partial charge in [-0.15, -0.1) is 0 Å². The fraction of sp³-hybridized carbons (Fsp3) is 1.00. The topological polar surface area (TPSA) is 18.5 Å². The minimum Gasteiger partial charge on any atom is -0.317 e. The molecule has 3 nitrogen and oxygen atoms in total. The van der Waals surface area contributed by atoms with Crippen molar-refractivity contribution in [3.05, 3.63) is 0 Å². The Morgan fingerprint density at radius 2 is 1.29 bits per heavy atom. The average molecular weight is 237 g/mol. The van der Waals surface area contributed by atoms with Crippen molar-refractivity contribution in [1.82, 2.24) is 15.1 Å². The van der Waals surface area contributed by atoms with Crippen molar-refractivity contribution in [2.45, 2.75) is 50.6 Å². The van der Waals surface area contributed by atoms with Gasteiger partial charge < -0.3 is 5.32 Å². The third-order valence-electron chi connectivity index (χ3n) is 4.89. The molecule has 0 saturated carbocycles. The lowest BCUT2D eigenvalue weighted by Crippen LogP contribution is -2.49. The molecule has 0 spiro atoms. The molecule has 3 saturated heterocycles. The van der Waals surface area contributed by atoms with Gasteiger partial charge in [0.05, 0.1) is 0 Å². The summed E-state index contributed by atoms with van der Waals surface area (Å²) in [7, 11) is 0. The SMILES string of the molecule is C1CCN2CCC(N3CCCNCCC3)C2C1. The van der Waals surface area contributed by atoms with Crippen molar-refractivity contribution in [2.75, 3.05) is 39.3 Å². The van der Waals surface area contributed by atoms with Crippen LogP contribution >= 0.6 is 0 Å². The zero-order valence-electron chi connectivity index (χ0n) is 11.0. The van der Waals surface area contributed by atoms with Crippen LogP contribution in [0.3, 0.4) is 0 Å². The van der Waals surface area contributed by atoms with E-state index in [0.29, 0.717) is 0 Å². The van der Waals surface area contributed by atoms with Crippen molar-refractivity contribution in [1.29, 1.82) is 0 Å². The summed E-state index contributed by atoms with van der Waals surface area (Å²) < 4.78 is 0. The molecule has 0 aromatic rings. The number of nitrogens with one attached hydrogen (secondary N) is 1. The van der Waals surface area contributed by atoms with Crippen molar-refractivity contribution in [3.63, 3.8) is 0 Å². The lowest BCUT2D eigenvalue weighted by molar-refractivity contribution is 0.109. The Hall–Kier alpha value is -0.120. The number of hydrogen-bond donors (Lipinski definition) is 1. The van der Waals surface area contributed by atoms with Crippen LogP contribution in [0, 0.1) is 0 Å². The molecular weight excluding hydrogens is 210 g/mol. The quantitative estimate of drug-likeness (QED) is 0.741. The van der Waals surface area contributed by atoms with E-state index in [1.807, 2.05) is 0 Å². The van der Waals surface area contributed by atoms with Crippen LogP contribution in [0.4, 0.5) is 0 Å². The van der Waals surface area contributed by atoms with Crippen LogP contribution in [0.25, 0.3) is 0 Å². The molecule has 3 fully saturated rings. The molecule has 3 aliphatic heterocycles. The third-order valence-corrected chi connectivity index (χ3v) is 4.89. The first-order valence-electron chi connectivity index (χ1n) is 7.64. The highest BCUT2D eigenvalue weighted by Crippen LogP contribution is 2.30. The van der Waals surface area contributed by atoms with Crippen LogP contribution in [-0.4, -0.2) is 61.2 Å². The number of rotatable bonds is 1. The molecule has 0 amide bonds. The Labute approximate surface area is 106 Å². The van der Waals surface area contributed by atoms with E-state index in [1.54, 1.807) is 0 Å². The monoisotopic (exact) mass is 237 g/mol. The van der Waals surface area contributed by atoms with Gasteiger partial charge in [-0.2, -0.15) is 0 Å². The average Bonchev–Trinajstić information content (AvgIpc) is 2.73. The van der Waals surface area contributed by atoms with Gasteiger partial charge in [-0.1, -0.05) is 6.42 Å². The van der Waals surface area contributed by atoms with Gasteiger partial charge in [-0.05, 0) is 64.8 Å². The van der Waals surface area contributed by atoms with Crippen LogP contribution in [0.2, 0.25) is 0 Å². The van der Waals surface area contributed by atoms with Crippen LogP contribution in [0.5, 0.6) is 0 Å². The minimum atomic E-state index is 0.883. The molecular formula is C14H27N3. The Morgan fingerprint density at radius 1 is 0.647 bits per heavy atom. The van der Waals surface area contributed by atoms with E-state index < -0.39 is 0 Å². The highest BCUT2D eigenvalue weighted by atomic mass is 15.3. The van der Waals surface area contributed by atoms with E-state index in [9.17, 15) is 0 Å². The second-order valence-electron chi connectivity index (χ2n) is 5.95. The Balaban J connectivity index is 1.61. The summed E-state index contributed by atoms with van der Waals surface area (Å²) in [5, 5.41) is 3.52. The number of nitrogens with zero attached hydrogens (tertiary/aromatic N) is 2. The van der Waals surface area contributed by atoms with Crippen molar-refractivity contribution in [3.8, 4) is 0 Å². The molecule has 2 atom stereocenters. The van der Waals surface area contributed by atoms with Gasteiger partial charge in [-0.3, -0.25) is 9.80 Å². The molecule has 3 heterocycles. The summed E-state index contributed by atoms with van der Waals surface area (Å²) in [6, 6.07) is 1.78. The zero-order chi connectivity index (χ0) is 11.5. The van der Waals surface area contributed by atoms with E-state index in [2.05, 4.69) is 15.1 Å². The van der Waals surface area contributed by atoms with Gasteiger partial charge in [0.2, 0.25) is 0 Å². The minimum absolute atomic E-state index is 0.883. The van der Waals surface area contributed by atoms with Gasteiger partial charge >= 0.3 is 0 Å². The maximum absolute atomic E-state index is 3.52. The van der Waals surface area contributed by atoms with Crippen LogP contribution < -0.4 is 5.32 Å². The van der Waals surface area contributed by atoms with E-state index in [0.717, 1.165) is 12.1 Å². The second kappa shape index (κ2) is 5.68. The Bertz CT molecular complexity index is 236. The van der Waals surface area contributed by atoms with Gasteiger partial charge in [0, 0.05) is 18.6 Å². The predicted molar refractivity (Wildman–Crippen MR) is 71.3 cm³/mol. The normalized spacial score (nSPS) is 37.4. The van der Waals surface area contributed by atoms with Crippen LogP contribution in [0.15, 0.2) is 0 Å². The molecule has 17 heavy (non-hydrogen) atoms. The van der Waals surface area contributed by atoms with Gasteiger partial charge in [0.25, 0.3) is 0 Å². The molecule has 0 aromatic heterocycles. The maximum Gasteiger partial charge on any atom is 0.0263 e. The lowest BCUT2D eigenvalue weighted by atomic mass is 9.97. The summed E-state index contributed by atoms with van der Waals surface area (Å²) in [6.07, 6.45) is 8.46. The van der Waals surface area contributed by atoms with Gasteiger partial charge in [0.1, 0.15) is 0 Å². The molecule has 0 radical (unpaired) electrons. The summed E-state index contributed by atoms with van der Waals surface area (Å²) in [5.74, 6) is 0. The summed E-state index contributed by atoms with van der Waals surface area (Å²) in [6.45, 7) is 7.82. The smallest absolute Gasteiger partial charge is 0.0263 e. The van der Waals surface area contributed by atoms with Crippen molar-refractivity contribution < 1.29 is 0 Å². The van der Waals surface area contributed by atoms with Crippen molar-refractivity contribution >= 4 is 0 Å². The van der Waals surface area contributed by atoms with E-state index in [4.69, 9.17) is 0 Å². The molecule has 0 aromatic carbocycles. The fourth-order valence-corrected chi connectivity index (χ4v) is 4.03. The van der Waals surface area contributed by atoms with Crippen LogP contribution in [-0.2, 0) is 0 Å². The molecule has 0 aliphatic carbocycles. The van der Waals surface area contributed by atoms with E-state index >= 15 is 0 Å². The van der Waals surface area contributed by atoms with Gasteiger partial charge in [-0.25, -0.2) is 0 Å². The third kappa shape index (κ3) is 2.67. The van der Waals surface area contributed by atoms with Crippen LogP contribution in [0.1, 0.15) is 38.5 Å². The standard InChI is InChI=1S/C14H27N3/c1-2-9-17-12-6-14(13(17)5-1)16-10-3-7-15-8-4-11-16/h13-15H,1-12H2. The highest BCUT2D eigenvalue weighted by molar-refractivity contribution is 4.95. The first-order valence-corrected chi connectivity index (χ1v) is 7.64. The first-order chi connectivity index (χ1) is 8.45. The summed E-state index contributed by atoms with van der Waals surface area (Å²) >= 11 is 0. The largest absolute Gasteiger partial charge is 0.317 e. The first kappa shape index (κ1) is 11.9. The summed E-state index contributed by atoms with van der Waals surface area (Å²) in [5.41, 5.74) is 0. The Morgan fingerprint density at radius 3 is 2.12 bits per heavy atom. The molecule has 3 heteroatoms. The van der Waals surface area contributed by atoms with Gasteiger partial charge in [0.15, 0.2) is 0 Å². The molecule has 1 N–H and O–H groups in total. The number of piperidine rings is 1. The zero-order valence-corrected chi connectivity index (χ0v) is 11.0. The summed E-state index contributed by atoms with van der Waals surface area (Å²) in [4.78, 5) is 5.59. The maximum atomic E-state index is 3.52. The molecule has 0 bridgehead atoms. The fourth-order valence-electron chi connectivity index (χ4n) is 4.03.